The highest BCUT2D eigenvalue weighted by atomic mass is 16.1. The molecule has 0 fully saturated rings. The van der Waals surface area contributed by atoms with Crippen molar-refractivity contribution in [2.24, 2.45) is 0 Å². The van der Waals surface area contributed by atoms with Gasteiger partial charge >= 0.3 is 0 Å². The molecule has 0 unspecified atom stereocenters. The third kappa shape index (κ3) is 4.05. The Morgan fingerprint density at radius 1 is 1.10 bits per heavy atom. The number of nitrogens with one attached hydrogen (secondary N) is 1. The quantitative estimate of drug-likeness (QED) is 0.486. The van der Waals surface area contributed by atoms with E-state index in [0.717, 1.165) is 41.1 Å². The predicted octanol–water partition coefficient (Wildman–Crippen LogP) is 2.75. The molecular weight excluding hydrogens is 392 g/mol. The normalized spacial score (nSPS) is 11.4. The molecule has 0 aliphatic heterocycles. The number of nitrogens with zero attached hydrogens (tertiary/aromatic N) is 5. The number of hydrogen-bond acceptors (Lipinski definition) is 5. The second-order valence-electron chi connectivity index (χ2n) is 7.75. The van der Waals surface area contributed by atoms with Crippen LogP contribution in [0.4, 0.5) is 0 Å². The fourth-order valence-electron chi connectivity index (χ4n) is 3.86. The van der Waals surface area contributed by atoms with Crippen LogP contribution in [0.15, 0.2) is 35.1 Å². The molecule has 0 aliphatic carbocycles. The first-order chi connectivity index (χ1) is 14.9. The third-order valence-corrected chi connectivity index (χ3v) is 5.37. The van der Waals surface area contributed by atoms with Gasteiger partial charge in [-0.1, -0.05) is 0 Å². The van der Waals surface area contributed by atoms with Crippen LogP contribution in [0.2, 0.25) is 0 Å². The molecule has 160 valence electrons. The number of fused-ring (bicyclic) bond motifs is 2. The molecule has 0 aliphatic rings. The lowest BCUT2D eigenvalue weighted by Crippen LogP contribution is -2.26. The van der Waals surface area contributed by atoms with Crippen LogP contribution in [0.25, 0.3) is 16.7 Å². The molecule has 1 N–H and O–H groups in total. The highest BCUT2D eigenvalue weighted by molar-refractivity contribution is 5.97. The number of aromatic nitrogens is 5. The van der Waals surface area contributed by atoms with Gasteiger partial charge in [0.2, 0.25) is 0 Å². The highest BCUT2D eigenvalue weighted by Crippen LogP contribution is 2.14. The molecule has 4 rings (SSSR count). The summed E-state index contributed by atoms with van der Waals surface area (Å²) in [7, 11) is 0. The maximum atomic E-state index is 12.6. The van der Waals surface area contributed by atoms with E-state index < -0.39 is 0 Å². The summed E-state index contributed by atoms with van der Waals surface area (Å²) in [5.74, 6) is -0.154. The number of benzene rings is 1. The number of aryl methyl sites for hydroxylation is 5. The molecule has 8 heteroatoms. The van der Waals surface area contributed by atoms with E-state index in [-0.39, 0.29) is 11.5 Å². The zero-order valence-corrected chi connectivity index (χ0v) is 18.3. The average Bonchev–Trinajstić information content (AvgIpc) is 3.15. The summed E-state index contributed by atoms with van der Waals surface area (Å²) in [6.07, 6.45) is 1.53. The van der Waals surface area contributed by atoms with Gasteiger partial charge in [-0.3, -0.25) is 9.59 Å². The van der Waals surface area contributed by atoms with Gasteiger partial charge in [-0.2, -0.15) is 5.10 Å². The molecule has 3 heterocycles. The van der Waals surface area contributed by atoms with Crippen molar-refractivity contribution in [2.45, 2.75) is 47.1 Å². The molecule has 8 nitrogen and oxygen atoms in total. The van der Waals surface area contributed by atoms with Gasteiger partial charge in [0, 0.05) is 36.1 Å². The van der Waals surface area contributed by atoms with Gasteiger partial charge in [0.1, 0.15) is 5.69 Å². The lowest BCUT2D eigenvalue weighted by atomic mass is 10.1. The van der Waals surface area contributed by atoms with Gasteiger partial charge in [-0.05, 0) is 64.8 Å². The number of rotatable bonds is 6. The Morgan fingerprint density at radius 2 is 1.90 bits per heavy atom. The van der Waals surface area contributed by atoms with Gasteiger partial charge in [0.05, 0.1) is 16.7 Å². The van der Waals surface area contributed by atoms with Crippen molar-refractivity contribution < 1.29 is 4.79 Å². The Labute approximate surface area is 180 Å². The second kappa shape index (κ2) is 8.29. The summed E-state index contributed by atoms with van der Waals surface area (Å²) in [5, 5.41) is 7.56. The Hall–Kier alpha value is -3.55. The van der Waals surface area contributed by atoms with E-state index in [1.165, 1.54) is 0 Å². The molecule has 0 atom stereocenters. The van der Waals surface area contributed by atoms with E-state index in [1.807, 2.05) is 37.4 Å². The topological polar surface area (TPSA) is 94.2 Å². The van der Waals surface area contributed by atoms with Crippen LogP contribution in [0.1, 0.15) is 46.5 Å². The highest BCUT2D eigenvalue weighted by Gasteiger charge is 2.11. The summed E-state index contributed by atoms with van der Waals surface area (Å²) in [4.78, 5) is 33.7. The Kier molecular flexibility index (Phi) is 5.54. The molecule has 0 saturated carbocycles. The van der Waals surface area contributed by atoms with Gasteiger partial charge in [0.25, 0.3) is 11.5 Å². The summed E-state index contributed by atoms with van der Waals surface area (Å²) >= 11 is 0. The van der Waals surface area contributed by atoms with E-state index in [4.69, 9.17) is 0 Å². The van der Waals surface area contributed by atoms with Crippen LogP contribution in [-0.2, 0) is 13.0 Å². The molecule has 1 aromatic carbocycles. The lowest BCUT2D eigenvalue weighted by molar-refractivity contribution is 0.0953. The maximum Gasteiger partial charge on any atom is 0.272 e. The van der Waals surface area contributed by atoms with Crippen molar-refractivity contribution >= 4 is 22.6 Å². The minimum atomic E-state index is -0.154. The van der Waals surface area contributed by atoms with E-state index >= 15 is 0 Å². The van der Waals surface area contributed by atoms with Crippen LogP contribution < -0.4 is 10.9 Å². The summed E-state index contributed by atoms with van der Waals surface area (Å²) in [6.45, 7) is 8.69. The standard InChI is InChI=1S/C23H26N6O2/c1-5-28-20-9-8-17(12-19(20)26-16(4)23(28)31)22(30)24-10-6-7-18-13-21-25-14(2)11-15(3)29(21)27-18/h8-9,11-13H,5-7,10H2,1-4H3,(H,24,30). The van der Waals surface area contributed by atoms with Gasteiger partial charge in [-0.15, -0.1) is 0 Å². The van der Waals surface area contributed by atoms with Crippen molar-refractivity contribution in [1.29, 1.82) is 0 Å². The van der Waals surface area contributed by atoms with E-state index in [0.29, 0.717) is 29.9 Å². The number of amides is 1. The Morgan fingerprint density at radius 3 is 2.68 bits per heavy atom. The predicted molar refractivity (Wildman–Crippen MR) is 120 cm³/mol. The zero-order chi connectivity index (χ0) is 22.1. The minimum absolute atomic E-state index is 0.0975. The number of hydrogen-bond donors (Lipinski definition) is 1. The second-order valence-corrected chi connectivity index (χ2v) is 7.75. The average molecular weight is 419 g/mol. The molecule has 0 radical (unpaired) electrons. The molecule has 31 heavy (non-hydrogen) atoms. The first-order valence-corrected chi connectivity index (χ1v) is 10.5. The van der Waals surface area contributed by atoms with Gasteiger partial charge < -0.3 is 9.88 Å². The SMILES string of the molecule is CCn1c(=O)c(C)nc2cc(C(=O)NCCCc3cc4nc(C)cc(C)n4n3)ccc21. The maximum absolute atomic E-state index is 12.6. The van der Waals surface area contributed by atoms with Crippen molar-refractivity contribution in [3.8, 4) is 0 Å². The largest absolute Gasteiger partial charge is 0.352 e. The number of carbonyl (C=O) groups is 1. The molecule has 0 spiro atoms. The Balaban J connectivity index is 1.41. The Bertz CT molecular complexity index is 1350. The fraction of sp³-hybridized carbons (Fsp3) is 0.348. The van der Waals surface area contributed by atoms with Crippen LogP contribution in [0, 0.1) is 20.8 Å². The van der Waals surface area contributed by atoms with Crippen molar-refractivity contribution in [1.82, 2.24) is 29.5 Å². The van der Waals surface area contributed by atoms with E-state index in [9.17, 15) is 9.59 Å². The van der Waals surface area contributed by atoms with Crippen molar-refractivity contribution in [3.05, 3.63) is 69.0 Å². The molecule has 4 aromatic rings. The van der Waals surface area contributed by atoms with Crippen LogP contribution in [0.3, 0.4) is 0 Å². The van der Waals surface area contributed by atoms with Crippen LogP contribution in [-0.4, -0.2) is 36.6 Å². The van der Waals surface area contributed by atoms with E-state index in [2.05, 4.69) is 20.4 Å². The monoisotopic (exact) mass is 418 g/mol. The summed E-state index contributed by atoms with van der Waals surface area (Å²) in [6, 6.07) is 9.26. The zero-order valence-electron chi connectivity index (χ0n) is 18.3. The fourth-order valence-corrected chi connectivity index (χ4v) is 3.86. The summed E-state index contributed by atoms with van der Waals surface area (Å²) in [5.41, 5.74) is 6.08. The number of carbonyl (C=O) groups excluding carboxylic acids is 1. The summed E-state index contributed by atoms with van der Waals surface area (Å²) < 4.78 is 3.52. The molecule has 0 saturated heterocycles. The first-order valence-electron chi connectivity index (χ1n) is 10.5. The van der Waals surface area contributed by atoms with Gasteiger partial charge in [-0.25, -0.2) is 14.5 Å². The van der Waals surface area contributed by atoms with Crippen molar-refractivity contribution in [2.75, 3.05) is 6.54 Å². The first kappa shape index (κ1) is 20.7. The third-order valence-electron chi connectivity index (χ3n) is 5.37. The smallest absolute Gasteiger partial charge is 0.272 e. The van der Waals surface area contributed by atoms with E-state index in [1.54, 1.807) is 29.7 Å². The van der Waals surface area contributed by atoms with Crippen LogP contribution in [0.5, 0.6) is 0 Å². The molecular formula is C23H26N6O2. The molecule has 0 bridgehead atoms. The molecule has 3 aromatic heterocycles. The molecule has 1 amide bonds. The lowest BCUT2D eigenvalue weighted by Gasteiger charge is -2.10. The minimum Gasteiger partial charge on any atom is -0.352 e. The van der Waals surface area contributed by atoms with Crippen molar-refractivity contribution in [3.63, 3.8) is 0 Å². The van der Waals surface area contributed by atoms with Gasteiger partial charge in [0.15, 0.2) is 5.65 Å². The van der Waals surface area contributed by atoms with Crippen LogP contribution >= 0.6 is 0 Å².